The minimum Gasteiger partial charge on any atom is -0.380 e. The van der Waals surface area contributed by atoms with Crippen LogP contribution in [0.5, 0.6) is 0 Å². The van der Waals surface area contributed by atoms with E-state index in [4.69, 9.17) is 10.5 Å². The summed E-state index contributed by atoms with van der Waals surface area (Å²) in [4.78, 5) is 16.7. The van der Waals surface area contributed by atoms with E-state index in [1.54, 1.807) is 7.11 Å². The fraction of sp³-hybridized carbons (Fsp3) is 0.938. The Kier molecular flexibility index (Phi) is 6.93. The molecule has 2 N–H and O–H groups in total. The van der Waals surface area contributed by atoms with Crippen molar-refractivity contribution in [3.63, 3.8) is 0 Å². The minimum atomic E-state index is -0.141. The smallest absolute Gasteiger partial charge is 0.225 e. The molecule has 1 heterocycles. The Hall–Kier alpha value is -0.650. The van der Waals surface area contributed by atoms with E-state index >= 15 is 0 Å². The van der Waals surface area contributed by atoms with Gasteiger partial charge in [0.05, 0.1) is 12.5 Å². The van der Waals surface area contributed by atoms with E-state index in [2.05, 4.69) is 4.90 Å². The molecular formula is C16H31N3O2. The van der Waals surface area contributed by atoms with Crippen LogP contribution in [0.25, 0.3) is 0 Å². The Labute approximate surface area is 128 Å². The largest absolute Gasteiger partial charge is 0.380 e. The number of hydrogen-bond donors (Lipinski definition) is 1. The highest BCUT2D eigenvalue weighted by Crippen LogP contribution is 2.24. The summed E-state index contributed by atoms with van der Waals surface area (Å²) in [6.07, 6.45) is 7.28. The number of amides is 1. The number of hydrogen-bond acceptors (Lipinski definition) is 4. The number of nitrogens with two attached hydrogens (primary N) is 1. The molecule has 0 aromatic heterocycles. The molecule has 5 heteroatoms. The third kappa shape index (κ3) is 5.24. The van der Waals surface area contributed by atoms with Gasteiger partial charge in [-0.25, -0.2) is 0 Å². The molecule has 2 rings (SSSR count). The van der Waals surface area contributed by atoms with Gasteiger partial charge in [0.15, 0.2) is 0 Å². The molecule has 1 amide bonds. The van der Waals surface area contributed by atoms with Gasteiger partial charge >= 0.3 is 0 Å². The summed E-state index contributed by atoms with van der Waals surface area (Å²) in [5.41, 5.74) is 5.58. The van der Waals surface area contributed by atoms with Crippen LogP contribution in [0, 0.1) is 5.92 Å². The maximum Gasteiger partial charge on any atom is 0.225 e. The number of carbonyl (C=O) groups excluding carboxylic acids is 1. The molecule has 122 valence electrons. The Bertz CT molecular complexity index is 307. The fourth-order valence-corrected chi connectivity index (χ4v) is 3.50. The highest BCUT2D eigenvalue weighted by molar-refractivity contribution is 5.76. The normalized spacial score (nSPS) is 23.2. The lowest BCUT2D eigenvalue weighted by molar-refractivity contribution is -0.135. The minimum absolute atomic E-state index is 0.141. The standard InChI is InChI=1S/C16H31N3O2/c1-21-15(12-17)11-16(20)19-9-7-18(8-10-19)13-14-5-3-2-4-6-14/h14-15H,2-13,17H2,1H3. The Morgan fingerprint density at radius 1 is 1.19 bits per heavy atom. The molecule has 5 nitrogen and oxygen atoms in total. The van der Waals surface area contributed by atoms with Crippen molar-refractivity contribution in [2.45, 2.75) is 44.6 Å². The van der Waals surface area contributed by atoms with E-state index in [1.165, 1.54) is 38.6 Å². The predicted molar refractivity (Wildman–Crippen MR) is 84.1 cm³/mol. The molecule has 0 spiro atoms. The van der Waals surface area contributed by atoms with Crippen LogP contribution in [-0.2, 0) is 9.53 Å². The van der Waals surface area contributed by atoms with Crippen LogP contribution in [0.1, 0.15) is 38.5 Å². The number of piperazine rings is 1. The summed E-state index contributed by atoms with van der Waals surface area (Å²) in [5.74, 6) is 1.07. The van der Waals surface area contributed by atoms with Crippen molar-refractivity contribution in [2.75, 3.05) is 46.4 Å². The van der Waals surface area contributed by atoms with Gasteiger partial charge < -0.3 is 15.4 Å². The van der Waals surface area contributed by atoms with Gasteiger partial charge in [-0.2, -0.15) is 0 Å². The maximum atomic E-state index is 12.2. The lowest BCUT2D eigenvalue weighted by Gasteiger charge is -2.37. The zero-order valence-corrected chi connectivity index (χ0v) is 13.4. The van der Waals surface area contributed by atoms with Gasteiger partial charge in [-0.1, -0.05) is 19.3 Å². The first-order chi connectivity index (χ1) is 10.2. The molecule has 0 bridgehead atoms. The number of carbonyl (C=O) groups is 1. The molecule has 1 unspecified atom stereocenters. The zero-order valence-electron chi connectivity index (χ0n) is 13.4. The van der Waals surface area contributed by atoms with Crippen LogP contribution in [0.3, 0.4) is 0 Å². The van der Waals surface area contributed by atoms with Gasteiger partial charge in [0.25, 0.3) is 0 Å². The zero-order chi connectivity index (χ0) is 15.1. The van der Waals surface area contributed by atoms with E-state index in [0.717, 1.165) is 32.1 Å². The van der Waals surface area contributed by atoms with Gasteiger partial charge in [0.1, 0.15) is 0 Å². The summed E-state index contributed by atoms with van der Waals surface area (Å²) in [6.45, 7) is 5.37. The Balaban J connectivity index is 1.68. The first kappa shape index (κ1) is 16.7. The van der Waals surface area contributed by atoms with Crippen LogP contribution in [0.2, 0.25) is 0 Å². The monoisotopic (exact) mass is 297 g/mol. The molecule has 1 saturated carbocycles. The van der Waals surface area contributed by atoms with Crippen LogP contribution in [0.4, 0.5) is 0 Å². The van der Waals surface area contributed by atoms with Gasteiger partial charge in [0, 0.05) is 46.4 Å². The molecule has 1 atom stereocenters. The molecule has 0 radical (unpaired) electrons. The van der Waals surface area contributed by atoms with E-state index < -0.39 is 0 Å². The summed E-state index contributed by atoms with van der Waals surface area (Å²) in [5, 5.41) is 0. The molecular weight excluding hydrogens is 266 g/mol. The molecule has 0 aromatic carbocycles. The first-order valence-corrected chi connectivity index (χ1v) is 8.46. The topological polar surface area (TPSA) is 58.8 Å². The summed E-state index contributed by atoms with van der Waals surface area (Å²) in [6, 6.07) is 0. The molecule has 0 aromatic rings. The van der Waals surface area contributed by atoms with E-state index in [1.807, 2.05) is 4.90 Å². The quantitative estimate of drug-likeness (QED) is 0.797. The van der Waals surface area contributed by atoms with Crippen LogP contribution in [-0.4, -0.2) is 68.2 Å². The molecule has 2 aliphatic rings. The van der Waals surface area contributed by atoms with Crippen LogP contribution < -0.4 is 5.73 Å². The van der Waals surface area contributed by atoms with Crippen LogP contribution >= 0.6 is 0 Å². The number of rotatable bonds is 6. The second-order valence-electron chi connectivity index (χ2n) is 6.48. The molecule has 2 fully saturated rings. The highest BCUT2D eigenvalue weighted by Gasteiger charge is 2.25. The Morgan fingerprint density at radius 3 is 2.43 bits per heavy atom. The number of nitrogens with zero attached hydrogens (tertiary/aromatic N) is 2. The average molecular weight is 297 g/mol. The Morgan fingerprint density at radius 2 is 1.86 bits per heavy atom. The van der Waals surface area contributed by atoms with Gasteiger partial charge in [-0.05, 0) is 18.8 Å². The lowest BCUT2D eigenvalue weighted by atomic mass is 9.89. The van der Waals surface area contributed by atoms with Gasteiger partial charge in [-0.15, -0.1) is 0 Å². The molecule has 1 aliphatic carbocycles. The molecule has 1 aliphatic heterocycles. The van der Waals surface area contributed by atoms with Gasteiger partial charge in [0.2, 0.25) is 5.91 Å². The third-order valence-corrected chi connectivity index (χ3v) is 4.96. The summed E-state index contributed by atoms with van der Waals surface area (Å²) in [7, 11) is 1.62. The van der Waals surface area contributed by atoms with Crippen molar-refractivity contribution in [3.05, 3.63) is 0 Å². The van der Waals surface area contributed by atoms with Crippen molar-refractivity contribution in [2.24, 2.45) is 11.7 Å². The van der Waals surface area contributed by atoms with Crippen molar-refractivity contribution < 1.29 is 9.53 Å². The van der Waals surface area contributed by atoms with E-state index in [9.17, 15) is 4.79 Å². The highest BCUT2D eigenvalue weighted by atomic mass is 16.5. The lowest BCUT2D eigenvalue weighted by Crippen LogP contribution is -2.50. The third-order valence-electron chi connectivity index (χ3n) is 4.96. The maximum absolute atomic E-state index is 12.2. The second-order valence-corrected chi connectivity index (χ2v) is 6.48. The summed E-state index contributed by atoms with van der Waals surface area (Å²) < 4.78 is 5.20. The fourth-order valence-electron chi connectivity index (χ4n) is 3.50. The van der Waals surface area contributed by atoms with Crippen molar-refractivity contribution >= 4 is 5.91 Å². The number of methoxy groups -OCH3 is 1. The summed E-state index contributed by atoms with van der Waals surface area (Å²) >= 11 is 0. The average Bonchev–Trinajstić information content (AvgIpc) is 2.54. The predicted octanol–water partition coefficient (Wildman–Crippen LogP) is 1.07. The first-order valence-electron chi connectivity index (χ1n) is 8.46. The van der Waals surface area contributed by atoms with E-state index in [-0.39, 0.29) is 12.0 Å². The van der Waals surface area contributed by atoms with E-state index in [0.29, 0.717) is 13.0 Å². The number of ether oxygens (including phenoxy) is 1. The van der Waals surface area contributed by atoms with Crippen molar-refractivity contribution in [1.82, 2.24) is 9.80 Å². The molecule has 1 saturated heterocycles. The SMILES string of the molecule is COC(CN)CC(=O)N1CCN(CC2CCCCC2)CC1. The van der Waals surface area contributed by atoms with Crippen LogP contribution in [0.15, 0.2) is 0 Å². The molecule has 21 heavy (non-hydrogen) atoms. The van der Waals surface area contributed by atoms with Crippen molar-refractivity contribution in [1.29, 1.82) is 0 Å². The second kappa shape index (κ2) is 8.71. The van der Waals surface area contributed by atoms with Gasteiger partial charge in [-0.3, -0.25) is 9.69 Å². The van der Waals surface area contributed by atoms with Crippen molar-refractivity contribution in [3.8, 4) is 0 Å².